The van der Waals surface area contributed by atoms with E-state index in [9.17, 15) is 4.79 Å². The van der Waals surface area contributed by atoms with Gasteiger partial charge in [0, 0.05) is 5.69 Å². The zero-order valence-electron chi connectivity index (χ0n) is 13.4. The van der Waals surface area contributed by atoms with Gasteiger partial charge in [0.25, 0.3) is 0 Å². The van der Waals surface area contributed by atoms with Crippen LogP contribution in [0.1, 0.15) is 27.3 Å². The van der Waals surface area contributed by atoms with Crippen molar-refractivity contribution < 1.29 is 9.53 Å². The summed E-state index contributed by atoms with van der Waals surface area (Å²) in [5.74, 6) is 0.188. The van der Waals surface area contributed by atoms with Gasteiger partial charge in [-0.25, -0.2) is 9.48 Å². The summed E-state index contributed by atoms with van der Waals surface area (Å²) in [4.78, 5) is 12.2. The number of hydrogen-bond acceptors (Lipinski definition) is 3. The Labute approximate surface area is 135 Å². The second-order valence-corrected chi connectivity index (χ2v) is 5.59. The van der Waals surface area contributed by atoms with Crippen molar-refractivity contribution in [1.29, 1.82) is 0 Å². The van der Waals surface area contributed by atoms with E-state index in [0.29, 0.717) is 11.3 Å². The van der Waals surface area contributed by atoms with Crippen molar-refractivity contribution in [2.45, 2.75) is 20.8 Å². The first kappa shape index (κ1) is 15.0. The molecule has 2 aromatic carbocycles. The predicted molar refractivity (Wildman–Crippen MR) is 89.2 cm³/mol. The van der Waals surface area contributed by atoms with Crippen molar-refractivity contribution in [1.82, 2.24) is 9.78 Å². The third kappa shape index (κ3) is 3.31. The quantitative estimate of drug-likeness (QED) is 0.542. The molecule has 23 heavy (non-hydrogen) atoms. The van der Waals surface area contributed by atoms with Crippen LogP contribution >= 0.6 is 0 Å². The van der Waals surface area contributed by atoms with Crippen molar-refractivity contribution in [2.24, 2.45) is 0 Å². The highest BCUT2D eigenvalue weighted by atomic mass is 16.5. The Morgan fingerprint density at radius 2 is 1.74 bits per heavy atom. The molecule has 4 nitrogen and oxygen atoms in total. The summed E-state index contributed by atoms with van der Waals surface area (Å²) >= 11 is 0. The summed E-state index contributed by atoms with van der Waals surface area (Å²) in [6.07, 6.45) is 0. The lowest BCUT2D eigenvalue weighted by Crippen LogP contribution is -2.09. The maximum Gasteiger partial charge on any atom is 0.343 e. The number of hydrogen-bond donors (Lipinski definition) is 0. The van der Waals surface area contributed by atoms with E-state index in [0.717, 1.165) is 22.6 Å². The SMILES string of the molecule is Cc1cccc(OC(=O)c2ccc(-n3nc(C)cc3C)cc2)c1. The lowest BCUT2D eigenvalue weighted by atomic mass is 10.2. The van der Waals surface area contributed by atoms with Gasteiger partial charge in [-0.15, -0.1) is 0 Å². The standard InChI is InChI=1S/C19H18N2O2/c1-13-5-4-6-18(11-13)23-19(22)16-7-9-17(10-8-16)21-15(3)12-14(2)20-21/h4-12H,1-3H3. The minimum atomic E-state index is -0.365. The molecule has 0 aliphatic rings. The van der Waals surface area contributed by atoms with Crippen LogP contribution in [0.3, 0.4) is 0 Å². The normalized spacial score (nSPS) is 10.6. The molecule has 1 aromatic heterocycles. The molecule has 0 atom stereocenters. The maximum atomic E-state index is 12.2. The number of ether oxygens (including phenoxy) is 1. The van der Waals surface area contributed by atoms with Crippen LogP contribution in [0.5, 0.6) is 5.75 Å². The number of nitrogens with zero attached hydrogens (tertiary/aromatic N) is 2. The average Bonchev–Trinajstić information content (AvgIpc) is 2.86. The molecule has 116 valence electrons. The molecular formula is C19H18N2O2. The first-order chi connectivity index (χ1) is 11.0. The third-order valence-electron chi connectivity index (χ3n) is 3.56. The molecule has 0 N–H and O–H groups in total. The molecule has 0 spiro atoms. The average molecular weight is 306 g/mol. The number of carbonyl (C=O) groups is 1. The summed E-state index contributed by atoms with van der Waals surface area (Å²) in [5, 5.41) is 4.43. The number of benzene rings is 2. The van der Waals surface area contributed by atoms with Gasteiger partial charge in [0.05, 0.1) is 16.9 Å². The van der Waals surface area contributed by atoms with E-state index in [4.69, 9.17) is 4.74 Å². The molecule has 1 heterocycles. The zero-order chi connectivity index (χ0) is 16.4. The van der Waals surface area contributed by atoms with Crippen molar-refractivity contribution in [3.63, 3.8) is 0 Å². The molecule has 0 radical (unpaired) electrons. The summed E-state index contributed by atoms with van der Waals surface area (Å²) in [7, 11) is 0. The Kier molecular flexibility index (Phi) is 3.98. The molecule has 0 unspecified atom stereocenters. The highest BCUT2D eigenvalue weighted by Crippen LogP contribution is 2.17. The van der Waals surface area contributed by atoms with E-state index in [2.05, 4.69) is 5.10 Å². The van der Waals surface area contributed by atoms with E-state index in [1.807, 2.05) is 61.9 Å². The summed E-state index contributed by atoms with van der Waals surface area (Å²) in [6, 6.07) is 16.7. The van der Waals surface area contributed by atoms with Crippen molar-refractivity contribution >= 4 is 5.97 Å². The monoisotopic (exact) mass is 306 g/mol. The second-order valence-electron chi connectivity index (χ2n) is 5.59. The Morgan fingerprint density at radius 3 is 2.35 bits per heavy atom. The molecule has 0 fully saturated rings. The third-order valence-corrected chi connectivity index (χ3v) is 3.56. The molecule has 4 heteroatoms. The molecule has 0 aliphatic carbocycles. The van der Waals surface area contributed by atoms with Crippen LogP contribution < -0.4 is 4.74 Å². The topological polar surface area (TPSA) is 44.1 Å². The van der Waals surface area contributed by atoms with Crippen LogP contribution in [-0.2, 0) is 0 Å². The van der Waals surface area contributed by atoms with Gasteiger partial charge in [-0.2, -0.15) is 5.10 Å². The molecule has 0 saturated carbocycles. The smallest absolute Gasteiger partial charge is 0.343 e. The molecule has 0 amide bonds. The first-order valence-electron chi connectivity index (χ1n) is 7.45. The minimum absolute atomic E-state index is 0.365. The molecule has 0 saturated heterocycles. The number of carbonyl (C=O) groups excluding carboxylic acids is 1. The van der Waals surface area contributed by atoms with Gasteiger partial charge >= 0.3 is 5.97 Å². The van der Waals surface area contributed by atoms with Gasteiger partial charge in [0.1, 0.15) is 5.75 Å². The lowest BCUT2D eigenvalue weighted by molar-refractivity contribution is 0.0735. The maximum absolute atomic E-state index is 12.2. The molecule has 3 aromatic rings. The Morgan fingerprint density at radius 1 is 1.00 bits per heavy atom. The molecule has 3 rings (SSSR count). The number of aromatic nitrogens is 2. The predicted octanol–water partition coefficient (Wildman–Crippen LogP) is 4.02. The molecule has 0 aliphatic heterocycles. The van der Waals surface area contributed by atoms with E-state index >= 15 is 0 Å². The summed E-state index contributed by atoms with van der Waals surface area (Å²) < 4.78 is 7.25. The van der Waals surface area contributed by atoms with Gasteiger partial charge in [0.2, 0.25) is 0 Å². The minimum Gasteiger partial charge on any atom is -0.423 e. The lowest BCUT2D eigenvalue weighted by Gasteiger charge is -2.07. The van der Waals surface area contributed by atoms with Gasteiger partial charge in [0.15, 0.2) is 0 Å². The van der Waals surface area contributed by atoms with Crippen molar-refractivity contribution in [2.75, 3.05) is 0 Å². The largest absolute Gasteiger partial charge is 0.423 e. The zero-order valence-corrected chi connectivity index (χ0v) is 13.4. The van der Waals surface area contributed by atoms with Crippen LogP contribution in [0.25, 0.3) is 5.69 Å². The fourth-order valence-electron chi connectivity index (χ4n) is 2.47. The van der Waals surface area contributed by atoms with Gasteiger partial charge in [-0.3, -0.25) is 0 Å². The van der Waals surface area contributed by atoms with Crippen LogP contribution in [0.15, 0.2) is 54.6 Å². The summed E-state index contributed by atoms with van der Waals surface area (Å²) in [5.41, 5.74) is 4.50. The van der Waals surface area contributed by atoms with Crippen LogP contribution in [0, 0.1) is 20.8 Å². The van der Waals surface area contributed by atoms with E-state index in [1.165, 1.54) is 0 Å². The second kappa shape index (κ2) is 6.08. The highest BCUT2D eigenvalue weighted by Gasteiger charge is 2.10. The van der Waals surface area contributed by atoms with Gasteiger partial charge in [-0.1, -0.05) is 12.1 Å². The van der Waals surface area contributed by atoms with Crippen molar-refractivity contribution in [3.05, 3.63) is 77.1 Å². The summed E-state index contributed by atoms with van der Waals surface area (Å²) in [6.45, 7) is 5.91. The molecular weight excluding hydrogens is 288 g/mol. The Hall–Kier alpha value is -2.88. The van der Waals surface area contributed by atoms with Crippen molar-refractivity contribution in [3.8, 4) is 11.4 Å². The Bertz CT molecular complexity index is 848. The van der Waals surface area contributed by atoms with Crippen LogP contribution in [0.2, 0.25) is 0 Å². The van der Waals surface area contributed by atoms with E-state index in [1.54, 1.807) is 18.2 Å². The molecule has 0 bridgehead atoms. The number of esters is 1. The van der Waals surface area contributed by atoms with Gasteiger partial charge in [-0.05, 0) is 68.8 Å². The fourth-order valence-corrected chi connectivity index (χ4v) is 2.47. The number of rotatable bonds is 3. The van der Waals surface area contributed by atoms with Crippen LogP contribution in [0.4, 0.5) is 0 Å². The highest BCUT2D eigenvalue weighted by molar-refractivity contribution is 5.91. The van der Waals surface area contributed by atoms with E-state index in [-0.39, 0.29) is 5.97 Å². The number of aryl methyl sites for hydroxylation is 3. The first-order valence-corrected chi connectivity index (χ1v) is 7.45. The van der Waals surface area contributed by atoms with Gasteiger partial charge < -0.3 is 4.74 Å². The Balaban J connectivity index is 1.79. The fraction of sp³-hybridized carbons (Fsp3) is 0.158. The van der Waals surface area contributed by atoms with E-state index < -0.39 is 0 Å². The van der Waals surface area contributed by atoms with Crippen LogP contribution in [-0.4, -0.2) is 15.7 Å².